The Hall–Kier alpha value is -4.66. The lowest BCUT2D eigenvalue weighted by Crippen LogP contribution is -2.70. The molecule has 13 heteroatoms. The van der Waals surface area contributed by atoms with Gasteiger partial charge in [0.1, 0.15) is 34.4 Å². The molecule has 0 spiro atoms. The Labute approximate surface area is 371 Å². The van der Waals surface area contributed by atoms with Crippen LogP contribution >= 0.6 is 0 Å². The van der Waals surface area contributed by atoms with E-state index in [1.807, 2.05) is 52.0 Å². The second-order valence-corrected chi connectivity index (χ2v) is 19.7. The van der Waals surface area contributed by atoms with Crippen LogP contribution in [0.3, 0.4) is 0 Å². The minimum absolute atomic E-state index is 0.00570. The minimum atomic E-state index is -4.30. The maximum Gasteiger partial charge on any atom is 0.245 e. The molecule has 2 heterocycles. The molecular weight excluding hydrogens is 822 g/mol. The lowest BCUT2D eigenvalue weighted by molar-refractivity contribution is -0.251. The van der Waals surface area contributed by atoms with Crippen molar-refractivity contribution in [3.63, 3.8) is 0 Å². The summed E-state index contributed by atoms with van der Waals surface area (Å²) < 4.78 is 68.1. The van der Waals surface area contributed by atoms with Crippen molar-refractivity contribution in [3.05, 3.63) is 120 Å². The molecule has 3 aromatic carbocycles. The normalized spacial score (nSPS) is 23.8. The quantitative estimate of drug-likeness (QED) is 0.0505. The highest BCUT2D eigenvalue weighted by molar-refractivity contribution is 7.89. The van der Waals surface area contributed by atoms with Crippen molar-refractivity contribution in [2.24, 2.45) is 22.9 Å². The van der Waals surface area contributed by atoms with Crippen LogP contribution < -0.4 is 9.47 Å². The standard InChI is InChI=1S/C50H62FN3O8S/c1-6-26-54(63(57,58)44-22-14-18-34-19-15-25-52-48(34)44)45-32-42(53-62-49(3,4)5)39-30-35(16-10-12-27-55)38(20-11-13-28-56)46-40-31-37(59-33-36-17-8-9-21-41(36)51)23-24-43(40)61-50(45,47(39)46)60-29-7-2/h7-9,14-15,17-19,21-25,30-31,35,38,45-47,55-56H,2,6,10-13,16,20,26-29,32-33H2,1,3-5H3/t35-,38+,45-,46+,47+,50+/m0/s1. The van der Waals surface area contributed by atoms with E-state index in [1.165, 1.54) is 10.4 Å². The number of hydrogen-bond donors (Lipinski definition) is 2. The van der Waals surface area contributed by atoms with Gasteiger partial charge in [0.25, 0.3) is 0 Å². The van der Waals surface area contributed by atoms with Crippen molar-refractivity contribution in [2.75, 3.05) is 26.4 Å². The minimum Gasteiger partial charge on any atom is -0.489 e. The van der Waals surface area contributed by atoms with Crippen LogP contribution in [0, 0.1) is 23.6 Å². The number of ether oxygens (including phenoxy) is 3. The fourth-order valence-electron chi connectivity index (χ4n) is 9.76. The fraction of sp³-hybridized carbons (Fsp3) is 0.480. The number of nitrogens with zero attached hydrogens (tertiary/aromatic N) is 3. The molecule has 2 N–H and O–H groups in total. The first-order valence-electron chi connectivity index (χ1n) is 22.3. The summed E-state index contributed by atoms with van der Waals surface area (Å²) in [6.45, 7) is 12.1. The van der Waals surface area contributed by atoms with Crippen molar-refractivity contribution in [1.82, 2.24) is 9.29 Å². The highest BCUT2D eigenvalue weighted by Gasteiger charge is 2.66. The number of benzene rings is 3. The number of aliphatic hydroxyl groups is 2. The Morgan fingerprint density at radius 2 is 1.78 bits per heavy atom. The summed E-state index contributed by atoms with van der Waals surface area (Å²) in [6, 6.07) is 20.0. The summed E-state index contributed by atoms with van der Waals surface area (Å²) in [6.07, 6.45) is 10.4. The number of unbranched alkanes of at least 4 members (excludes halogenated alkanes) is 2. The number of para-hydroxylation sites is 1. The molecular formula is C50H62FN3O8S. The number of rotatable bonds is 20. The third-order valence-electron chi connectivity index (χ3n) is 12.4. The Morgan fingerprint density at radius 1 is 1.02 bits per heavy atom. The van der Waals surface area contributed by atoms with E-state index in [-0.39, 0.29) is 67.9 Å². The summed E-state index contributed by atoms with van der Waals surface area (Å²) in [7, 11) is -4.30. The van der Waals surface area contributed by atoms with Crippen LogP contribution in [0.25, 0.3) is 10.9 Å². The zero-order chi connectivity index (χ0) is 44.8. The SMILES string of the molecule is C=CCO[C@@]12Oc3ccc(OCc4ccccc4F)cc3[C@H]3[C@H](CCCCO)[C@@H](CCCCO)C=C(C(=NOC(C)(C)C)C[C@@H]1N(CCC)S(=O)(=O)c1cccc4cccnc14)[C@H]32. The number of halogens is 1. The van der Waals surface area contributed by atoms with Crippen LogP contribution in [0.1, 0.15) is 96.1 Å². The Morgan fingerprint density at radius 3 is 2.51 bits per heavy atom. The molecule has 11 nitrogen and oxygen atoms in total. The van der Waals surface area contributed by atoms with Gasteiger partial charge in [-0.3, -0.25) is 4.98 Å². The maximum atomic E-state index is 15.5. The molecule has 1 aromatic heterocycles. The van der Waals surface area contributed by atoms with Crippen molar-refractivity contribution in [2.45, 2.75) is 114 Å². The smallest absolute Gasteiger partial charge is 0.245 e. The summed E-state index contributed by atoms with van der Waals surface area (Å²) in [5.74, 6) is -1.88. The van der Waals surface area contributed by atoms with Gasteiger partial charge in [0, 0.05) is 54.8 Å². The predicted octanol–water partition coefficient (Wildman–Crippen LogP) is 9.49. The van der Waals surface area contributed by atoms with Gasteiger partial charge >= 0.3 is 0 Å². The first-order valence-corrected chi connectivity index (χ1v) is 23.8. The van der Waals surface area contributed by atoms with E-state index in [0.717, 1.165) is 36.8 Å². The molecule has 0 bridgehead atoms. The van der Waals surface area contributed by atoms with Crippen molar-refractivity contribution in [1.29, 1.82) is 0 Å². The summed E-state index contributed by atoms with van der Waals surface area (Å²) in [5.41, 5.74) is 2.45. The van der Waals surface area contributed by atoms with E-state index >= 15 is 8.42 Å². The van der Waals surface area contributed by atoms with Crippen LogP contribution in [0.15, 0.2) is 113 Å². The highest BCUT2D eigenvalue weighted by atomic mass is 32.2. The molecule has 1 fully saturated rings. The second kappa shape index (κ2) is 20.0. The lowest BCUT2D eigenvalue weighted by atomic mass is 9.55. The van der Waals surface area contributed by atoms with Gasteiger partial charge in [0.05, 0.1) is 29.8 Å². The van der Waals surface area contributed by atoms with Gasteiger partial charge in [-0.05, 0) is 107 Å². The molecule has 1 saturated carbocycles. The fourth-order valence-corrected chi connectivity index (χ4v) is 11.7. The van der Waals surface area contributed by atoms with Crippen LogP contribution in [0.2, 0.25) is 0 Å². The first kappa shape index (κ1) is 46.3. The molecule has 7 rings (SSSR count). The average molecular weight is 884 g/mol. The molecule has 0 unspecified atom stereocenters. The van der Waals surface area contributed by atoms with E-state index in [2.05, 4.69) is 17.6 Å². The number of hydrogen-bond acceptors (Lipinski definition) is 10. The van der Waals surface area contributed by atoms with E-state index < -0.39 is 33.4 Å². The first-order chi connectivity index (χ1) is 30.4. The van der Waals surface area contributed by atoms with Crippen molar-refractivity contribution in [3.8, 4) is 11.5 Å². The van der Waals surface area contributed by atoms with Gasteiger partial charge < -0.3 is 29.3 Å². The number of aliphatic hydroxyl groups excluding tert-OH is 2. The summed E-state index contributed by atoms with van der Waals surface area (Å²) in [4.78, 5) is 10.9. The zero-order valence-electron chi connectivity index (χ0n) is 36.9. The van der Waals surface area contributed by atoms with E-state index in [4.69, 9.17) is 24.2 Å². The van der Waals surface area contributed by atoms with Crippen LogP contribution in [-0.4, -0.2) is 77.4 Å². The zero-order valence-corrected chi connectivity index (χ0v) is 37.7. The molecule has 0 radical (unpaired) electrons. The number of sulfonamides is 1. The van der Waals surface area contributed by atoms with Gasteiger partial charge in [0.15, 0.2) is 0 Å². The molecule has 338 valence electrons. The second-order valence-electron chi connectivity index (χ2n) is 17.8. The van der Waals surface area contributed by atoms with Crippen molar-refractivity contribution >= 4 is 26.6 Å². The third kappa shape index (κ3) is 9.73. The highest BCUT2D eigenvalue weighted by Crippen LogP contribution is 2.62. The largest absolute Gasteiger partial charge is 0.489 e. The molecule has 0 amide bonds. The Bertz CT molecular complexity index is 2390. The van der Waals surface area contributed by atoms with E-state index in [1.54, 1.807) is 54.7 Å². The number of fused-ring (bicyclic) bond motifs is 3. The molecule has 2 aliphatic carbocycles. The van der Waals surface area contributed by atoms with E-state index in [9.17, 15) is 14.6 Å². The summed E-state index contributed by atoms with van der Waals surface area (Å²) >= 11 is 0. The number of pyridine rings is 1. The molecule has 4 aromatic rings. The van der Waals surface area contributed by atoms with Crippen LogP contribution in [-0.2, 0) is 26.2 Å². The molecule has 3 aliphatic rings. The van der Waals surface area contributed by atoms with Crippen LogP contribution in [0.5, 0.6) is 11.5 Å². The Kier molecular flexibility index (Phi) is 14.7. The van der Waals surface area contributed by atoms with E-state index in [0.29, 0.717) is 52.9 Å². The Balaban J connectivity index is 1.48. The van der Waals surface area contributed by atoms with Gasteiger partial charge in [0.2, 0.25) is 15.8 Å². The third-order valence-corrected chi connectivity index (χ3v) is 14.3. The van der Waals surface area contributed by atoms with Gasteiger partial charge in [-0.25, -0.2) is 12.8 Å². The average Bonchev–Trinajstić information content (AvgIpc) is 3.27. The topological polar surface area (TPSA) is 140 Å². The van der Waals surface area contributed by atoms with Crippen molar-refractivity contribution < 1.29 is 42.1 Å². The number of allylic oxidation sites excluding steroid dienone is 1. The molecule has 63 heavy (non-hydrogen) atoms. The maximum absolute atomic E-state index is 15.5. The molecule has 0 saturated heterocycles. The molecule has 1 aliphatic heterocycles. The predicted molar refractivity (Wildman–Crippen MR) is 242 cm³/mol. The number of aromatic nitrogens is 1. The van der Waals surface area contributed by atoms with Crippen LogP contribution in [0.4, 0.5) is 4.39 Å². The number of oxime groups is 1. The lowest BCUT2D eigenvalue weighted by Gasteiger charge is -2.59. The molecule has 6 atom stereocenters. The van der Waals surface area contributed by atoms with Gasteiger partial charge in [-0.1, -0.05) is 73.5 Å². The van der Waals surface area contributed by atoms with Gasteiger partial charge in [-0.15, -0.1) is 6.58 Å². The van der Waals surface area contributed by atoms with Gasteiger partial charge in [-0.2, -0.15) is 4.31 Å². The monoisotopic (exact) mass is 883 g/mol. The summed E-state index contributed by atoms with van der Waals surface area (Å²) in [5, 5.41) is 25.5.